The second-order valence-electron chi connectivity index (χ2n) is 11.8. The second kappa shape index (κ2) is 12.7. The van der Waals surface area contributed by atoms with Gasteiger partial charge in [-0.2, -0.15) is 0 Å². The van der Waals surface area contributed by atoms with Crippen LogP contribution >= 0.6 is 0 Å². The van der Waals surface area contributed by atoms with Crippen molar-refractivity contribution in [2.24, 2.45) is 0 Å². The van der Waals surface area contributed by atoms with Crippen molar-refractivity contribution in [3.8, 4) is 45.6 Å². The van der Waals surface area contributed by atoms with Crippen LogP contribution in [0.2, 0.25) is 0 Å². The molecule has 0 saturated heterocycles. The average molecular weight is 902 g/mol. The Morgan fingerprint density at radius 3 is 0.593 bits per heavy atom. The maximum Gasteiger partial charge on any atom is 0.198 e. The van der Waals surface area contributed by atoms with Gasteiger partial charge in [0.2, 0.25) is 0 Å². The molecule has 305 valence electrons. The molecular weight excluding hydrogens is 902 g/mol. The van der Waals surface area contributed by atoms with Gasteiger partial charge in [-0.3, -0.25) is 0 Å². The summed E-state index contributed by atoms with van der Waals surface area (Å²) in [4.78, 5) is 17.4. The Bertz CT molecular complexity index is 2920. The number of rotatable bonds is 0. The molecule has 2 aliphatic rings. The van der Waals surface area contributed by atoms with Crippen molar-refractivity contribution in [1.82, 2.24) is 39.5 Å². The minimum atomic E-state index is -2.72. The largest absolute Gasteiger partial charge is 0.208 e. The van der Waals surface area contributed by atoms with Gasteiger partial charge in [-0.05, 0) is 0 Å². The van der Waals surface area contributed by atoms with Crippen LogP contribution in [0.25, 0.3) is 89.7 Å². The van der Waals surface area contributed by atoms with Gasteiger partial charge in [-0.1, -0.05) is 8.96 Å². The number of fused-ring (bicyclic) bond motifs is 20. The summed E-state index contributed by atoms with van der Waals surface area (Å²) in [5.74, 6) is -48.8. The van der Waals surface area contributed by atoms with Crippen molar-refractivity contribution < 1.29 is 96.3 Å². The zero-order valence-corrected chi connectivity index (χ0v) is 27.6. The smallest absolute Gasteiger partial charge is 0.198 e. The number of nitrogens with zero attached hydrogens (tertiary/aromatic N) is 8. The van der Waals surface area contributed by atoms with E-state index in [0.717, 1.165) is 0 Å². The fraction of sp³-hybridized carbons (Fsp3) is 0. The molecule has 4 aromatic carbocycles. The van der Waals surface area contributed by atoms with Gasteiger partial charge in [-0.25, -0.2) is 100 Å². The van der Waals surface area contributed by atoms with E-state index in [1.54, 1.807) is 0 Å². The van der Waals surface area contributed by atoms with E-state index >= 15 is 44.1 Å². The first-order chi connectivity index (χ1) is 27.3. The molecule has 0 unspecified atom stereocenters. The van der Waals surface area contributed by atoms with Crippen molar-refractivity contribution >= 4 is 44.1 Å². The minimum Gasteiger partial charge on any atom is -0.208 e. The number of benzene rings is 4. The molecule has 0 spiro atoms. The standard InChI is InChI=1S/C32F18N8.Cu/c33-9-1-2(10(34)18(42)17(9)41)26-51-25(1)53-29-5-6(14(38)22(46)21(45)13(5)37)31(57(29)49)55-27-3-4(12(36)20(44)19(43)11(3)35)28(52-27)56-32-8-7(30(54-26)58(32)50)15(39)23(47)24(48)16(8)40;. The molecule has 27 heteroatoms. The molecule has 0 aliphatic carbocycles. The number of halogens is 18. The van der Waals surface area contributed by atoms with E-state index in [1.807, 2.05) is 0 Å². The summed E-state index contributed by atoms with van der Waals surface area (Å²) in [6.07, 6.45) is 0. The molecule has 1 radical (unpaired) electrons. The van der Waals surface area contributed by atoms with Gasteiger partial charge in [0.25, 0.3) is 0 Å². The van der Waals surface area contributed by atoms with Crippen LogP contribution in [0.4, 0.5) is 79.2 Å². The van der Waals surface area contributed by atoms with Crippen LogP contribution in [-0.4, -0.2) is 39.5 Å². The maximum absolute atomic E-state index is 16.3. The molecule has 9 rings (SSSR count). The topological polar surface area (TPSA) is 87.2 Å². The Labute approximate surface area is 318 Å². The van der Waals surface area contributed by atoms with Crippen molar-refractivity contribution in [3.63, 3.8) is 0 Å². The van der Waals surface area contributed by atoms with Crippen LogP contribution in [0.3, 0.4) is 0 Å². The van der Waals surface area contributed by atoms with E-state index in [4.69, 9.17) is 0 Å². The fourth-order valence-corrected chi connectivity index (χ4v) is 6.35. The molecular formula is C32CuF18N8. The molecule has 8 nitrogen and oxygen atoms in total. The van der Waals surface area contributed by atoms with Crippen molar-refractivity contribution in [2.75, 3.05) is 0 Å². The molecule has 0 atom stereocenters. The molecule has 7 aromatic rings. The van der Waals surface area contributed by atoms with Crippen LogP contribution < -0.4 is 0 Å². The molecule has 3 aromatic heterocycles. The normalized spacial score (nSPS) is 12.1. The Morgan fingerprint density at radius 1 is 0.237 bits per heavy atom. The van der Waals surface area contributed by atoms with Crippen LogP contribution in [0.5, 0.6) is 0 Å². The monoisotopic (exact) mass is 901 g/mol. The molecule has 2 aliphatic heterocycles. The summed E-state index contributed by atoms with van der Waals surface area (Å²) >= 11 is 0. The van der Waals surface area contributed by atoms with Crippen LogP contribution in [-0.2, 0) is 17.1 Å². The van der Waals surface area contributed by atoms with E-state index in [2.05, 4.69) is 29.9 Å². The molecule has 0 saturated carbocycles. The predicted molar refractivity (Wildman–Crippen MR) is 156 cm³/mol. The minimum absolute atomic E-state index is 0. The van der Waals surface area contributed by atoms with Crippen molar-refractivity contribution in [2.45, 2.75) is 0 Å². The van der Waals surface area contributed by atoms with Crippen LogP contribution in [0.15, 0.2) is 0 Å². The first kappa shape index (κ1) is 39.3. The van der Waals surface area contributed by atoms with Gasteiger partial charge < -0.3 is 0 Å². The third-order valence-corrected chi connectivity index (χ3v) is 8.87. The summed E-state index contributed by atoms with van der Waals surface area (Å²) in [5.41, 5.74) is -14.8. The van der Waals surface area contributed by atoms with Gasteiger partial charge in [-0.15, -0.1) is 9.58 Å². The first-order valence-corrected chi connectivity index (χ1v) is 14.9. The van der Waals surface area contributed by atoms with Gasteiger partial charge in [0.05, 0.1) is 43.8 Å². The van der Waals surface area contributed by atoms with Gasteiger partial charge in [0.15, 0.2) is 139 Å². The molecule has 59 heavy (non-hydrogen) atoms. The quantitative estimate of drug-likeness (QED) is 0.0653. The molecule has 0 amide bonds. The number of hydrogen-bond donors (Lipinski definition) is 0. The first-order valence-electron chi connectivity index (χ1n) is 14.9. The SMILES string of the molecule is Fc1c(F)c(F)c2c(c1F)-c1nc-2nc2c3c(F)c(F)c(F)c(F)c3c(nc3nc(nc4c5c(F)c(F)c(F)c(F)c5c(n1)n4F)-c1c(F)c(F)c(F)c(F)c1-3)n2F.[Cu]. The predicted octanol–water partition coefficient (Wildman–Crippen LogP) is 9.50. The summed E-state index contributed by atoms with van der Waals surface area (Å²) < 4.78 is 273. The van der Waals surface area contributed by atoms with E-state index in [0.29, 0.717) is 0 Å². The Balaban J connectivity index is 0.00000484. The fourth-order valence-electron chi connectivity index (χ4n) is 6.35. The van der Waals surface area contributed by atoms with Crippen LogP contribution in [0, 0.1) is 93.1 Å². The van der Waals surface area contributed by atoms with Crippen LogP contribution in [0.1, 0.15) is 0 Å². The third-order valence-electron chi connectivity index (χ3n) is 8.87. The molecule has 0 fully saturated rings. The van der Waals surface area contributed by atoms with E-state index in [9.17, 15) is 35.1 Å². The summed E-state index contributed by atoms with van der Waals surface area (Å²) in [5, 5.41) is -7.42. The van der Waals surface area contributed by atoms with Gasteiger partial charge in [0.1, 0.15) is 0 Å². The van der Waals surface area contributed by atoms with Crippen molar-refractivity contribution in [1.29, 1.82) is 0 Å². The van der Waals surface area contributed by atoms with Gasteiger partial charge in [0, 0.05) is 17.1 Å². The Kier molecular flexibility index (Phi) is 8.50. The van der Waals surface area contributed by atoms with Crippen molar-refractivity contribution in [3.05, 3.63) is 93.1 Å². The Hall–Kier alpha value is -6.50. The zero-order chi connectivity index (χ0) is 41.9. The van der Waals surface area contributed by atoms with E-state index < -0.39 is 192 Å². The summed E-state index contributed by atoms with van der Waals surface area (Å²) in [6, 6.07) is 0. The maximum atomic E-state index is 16.3. The average Bonchev–Trinajstić information content (AvgIpc) is 3.90. The second-order valence-corrected chi connectivity index (χ2v) is 11.8. The number of aromatic nitrogens is 8. The Morgan fingerprint density at radius 2 is 0.407 bits per heavy atom. The molecule has 8 bridgehead atoms. The van der Waals surface area contributed by atoms with E-state index in [1.165, 1.54) is 0 Å². The van der Waals surface area contributed by atoms with Gasteiger partial charge >= 0.3 is 0 Å². The summed E-state index contributed by atoms with van der Waals surface area (Å²) in [6.45, 7) is 0. The zero-order valence-electron chi connectivity index (χ0n) is 26.7. The number of hydrogen-bond acceptors (Lipinski definition) is 6. The summed E-state index contributed by atoms with van der Waals surface area (Å²) in [7, 11) is 0. The molecule has 0 N–H and O–H groups in total. The third kappa shape index (κ3) is 4.84. The molecule has 5 heterocycles. The van der Waals surface area contributed by atoms with E-state index in [-0.39, 0.29) is 17.1 Å².